The molecule has 0 aliphatic carbocycles. The fourth-order valence-corrected chi connectivity index (χ4v) is 3.35. The number of hydrogen-bond donors (Lipinski definition) is 1. The van der Waals surface area contributed by atoms with Gasteiger partial charge in [0.2, 0.25) is 0 Å². The van der Waals surface area contributed by atoms with E-state index in [9.17, 15) is 4.79 Å². The van der Waals surface area contributed by atoms with E-state index in [1.807, 2.05) is 25.6 Å². The van der Waals surface area contributed by atoms with Crippen molar-refractivity contribution < 1.29 is 9.53 Å². The predicted molar refractivity (Wildman–Crippen MR) is 68.7 cm³/mol. The number of carbonyl (C=O) groups excluding carboxylic acids is 1. The molecule has 1 aliphatic heterocycles. The molecule has 1 fully saturated rings. The first kappa shape index (κ1) is 13.8. The summed E-state index contributed by atoms with van der Waals surface area (Å²) in [5.74, 6) is 2.16. The Labute approximate surface area is 103 Å². The minimum Gasteiger partial charge on any atom is -0.465 e. The molecule has 1 heterocycles. The summed E-state index contributed by atoms with van der Waals surface area (Å²) in [6, 6.07) is 0.229. The largest absolute Gasteiger partial charge is 0.465 e. The minimum absolute atomic E-state index is 0.143. The molecule has 0 aromatic carbocycles. The van der Waals surface area contributed by atoms with Gasteiger partial charge in [-0.3, -0.25) is 4.79 Å². The highest BCUT2D eigenvalue weighted by molar-refractivity contribution is 7.99. The third-order valence-corrected chi connectivity index (χ3v) is 4.36. The fraction of sp³-hybridized carbons (Fsp3) is 0.917. The van der Waals surface area contributed by atoms with E-state index in [4.69, 9.17) is 4.74 Å². The highest BCUT2D eigenvalue weighted by Gasteiger charge is 2.30. The maximum absolute atomic E-state index is 11.5. The van der Waals surface area contributed by atoms with Gasteiger partial charge in [0, 0.05) is 11.8 Å². The lowest BCUT2D eigenvalue weighted by atomic mass is 9.87. The van der Waals surface area contributed by atoms with Crippen molar-refractivity contribution in [2.75, 3.05) is 18.1 Å². The molecule has 0 spiro atoms. The Morgan fingerprint density at radius 1 is 1.62 bits per heavy atom. The first-order valence-corrected chi connectivity index (χ1v) is 7.10. The molecule has 0 aromatic heterocycles. The van der Waals surface area contributed by atoms with Crippen molar-refractivity contribution in [1.82, 2.24) is 5.32 Å². The molecule has 1 saturated heterocycles. The Morgan fingerprint density at radius 2 is 2.31 bits per heavy atom. The van der Waals surface area contributed by atoms with Crippen LogP contribution in [0.15, 0.2) is 0 Å². The summed E-state index contributed by atoms with van der Waals surface area (Å²) in [6.07, 6.45) is 1.13. The summed E-state index contributed by atoms with van der Waals surface area (Å²) in [5.41, 5.74) is 0.370. The van der Waals surface area contributed by atoms with Crippen molar-refractivity contribution in [3.63, 3.8) is 0 Å². The molecule has 2 unspecified atom stereocenters. The zero-order valence-electron chi connectivity index (χ0n) is 10.7. The Hall–Kier alpha value is -0.220. The van der Waals surface area contributed by atoms with Crippen LogP contribution in [0.5, 0.6) is 0 Å². The van der Waals surface area contributed by atoms with Crippen molar-refractivity contribution in [2.45, 2.75) is 46.2 Å². The van der Waals surface area contributed by atoms with E-state index in [2.05, 4.69) is 19.2 Å². The van der Waals surface area contributed by atoms with Crippen molar-refractivity contribution in [2.24, 2.45) is 5.41 Å². The Morgan fingerprint density at radius 3 is 2.88 bits per heavy atom. The van der Waals surface area contributed by atoms with Crippen LogP contribution in [-0.2, 0) is 9.53 Å². The van der Waals surface area contributed by atoms with Crippen molar-refractivity contribution in [3.05, 3.63) is 0 Å². The topological polar surface area (TPSA) is 38.3 Å². The van der Waals surface area contributed by atoms with Gasteiger partial charge in [0.15, 0.2) is 0 Å². The second-order valence-corrected chi connectivity index (χ2v) is 6.25. The van der Waals surface area contributed by atoms with Gasteiger partial charge in [-0.1, -0.05) is 13.8 Å². The molecule has 16 heavy (non-hydrogen) atoms. The van der Waals surface area contributed by atoms with Crippen molar-refractivity contribution in [1.29, 1.82) is 0 Å². The van der Waals surface area contributed by atoms with Gasteiger partial charge in [0.25, 0.3) is 0 Å². The Bertz CT molecular complexity index is 243. The SMILES string of the molecule is CCOC(=O)C(C)NC1CSCC(C)(C)C1. The van der Waals surface area contributed by atoms with E-state index in [1.165, 1.54) is 5.75 Å². The monoisotopic (exact) mass is 245 g/mol. The van der Waals surface area contributed by atoms with Crippen molar-refractivity contribution in [3.8, 4) is 0 Å². The van der Waals surface area contributed by atoms with Crippen LogP contribution < -0.4 is 5.32 Å². The smallest absolute Gasteiger partial charge is 0.322 e. The van der Waals surface area contributed by atoms with E-state index in [0.717, 1.165) is 12.2 Å². The average Bonchev–Trinajstić information content (AvgIpc) is 2.16. The zero-order chi connectivity index (χ0) is 12.2. The van der Waals surface area contributed by atoms with Gasteiger partial charge in [0.05, 0.1) is 6.61 Å². The van der Waals surface area contributed by atoms with Crippen LogP contribution in [-0.4, -0.2) is 36.2 Å². The molecule has 94 valence electrons. The zero-order valence-corrected chi connectivity index (χ0v) is 11.5. The molecular weight excluding hydrogens is 222 g/mol. The molecule has 0 radical (unpaired) electrons. The van der Waals surface area contributed by atoms with Crippen LogP contribution in [0, 0.1) is 5.41 Å². The van der Waals surface area contributed by atoms with E-state index in [-0.39, 0.29) is 12.0 Å². The van der Waals surface area contributed by atoms with Gasteiger partial charge in [-0.2, -0.15) is 11.8 Å². The van der Waals surface area contributed by atoms with Gasteiger partial charge in [-0.25, -0.2) is 0 Å². The average molecular weight is 245 g/mol. The third-order valence-electron chi connectivity index (χ3n) is 2.74. The van der Waals surface area contributed by atoms with Crippen LogP contribution in [0.3, 0.4) is 0 Å². The number of thioether (sulfide) groups is 1. The molecule has 0 amide bonds. The summed E-state index contributed by atoms with van der Waals surface area (Å²) < 4.78 is 4.99. The van der Waals surface area contributed by atoms with Gasteiger partial charge in [0.1, 0.15) is 6.04 Å². The highest BCUT2D eigenvalue weighted by atomic mass is 32.2. The molecular formula is C12H23NO2S. The summed E-state index contributed by atoms with van der Waals surface area (Å²) in [7, 11) is 0. The molecule has 0 aromatic rings. The molecule has 1 rings (SSSR count). The highest BCUT2D eigenvalue weighted by Crippen LogP contribution is 2.33. The van der Waals surface area contributed by atoms with Crippen LogP contribution in [0.4, 0.5) is 0 Å². The third kappa shape index (κ3) is 4.34. The van der Waals surface area contributed by atoms with Crippen LogP contribution in [0.25, 0.3) is 0 Å². The Balaban J connectivity index is 2.39. The van der Waals surface area contributed by atoms with Gasteiger partial charge in [-0.15, -0.1) is 0 Å². The first-order valence-electron chi connectivity index (χ1n) is 5.95. The standard InChI is InChI=1S/C12H23NO2S/c1-5-15-11(14)9(2)13-10-6-12(3,4)8-16-7-10/h9-10,13H,5-8H2,1-4H3. The van der Waals surface area contributed by atoms with Gasteiger partial charge in [-0.05, 0) is 31.4 Å². The first-order chi connectivity index (χ1) is 7.44. The fourth-order valence-electron chi connectivity index (χ4n) is 2.06. The molecule has 2 atom stereocenters. The summed E-state index contributed by atoms with van der Waals surface area (Å²) >= 11 is 1.96. The lowest BCUT2D eigenvalue weighted by Gasteiger charge is -2.36. The molecule has 0 saturated carbocycles. The van der Waals surface area contributed by atoms with Crippen molar-refractivity contribution >= 4 is 17.7 Å². The predicted octanol–water partition coefficient (Wildman–Crippen LogP) is 2.06. The Kier molecular flexibility index (Phi) is 5.12. The maximum atomic E-state index is 11.5. The lowest BCUT2D eigenvalue weighted by molar-refractivity contribution is -0.145. The number of rotatable bonds is 4. The van der Waals surface area contributed by atoms with Crippen LogP contribution in [0.2, 0.25) is 0 Å². The van der Waals surface area contributed by atoms with Crippen LogP contribution in [0.1, 0.15) is 34.1 Å². The maximum Gasteiger partial charge on any atom is 0.322 e. The molecule has 0 bridgehead atoms. The van der Waals surface area contributed by atoms with Crippen LogP contribution >= 0.6 is 11.8 Å². The number of nitrogens with one attached hydrogen (secondary N) is 1. The number of esters is 1. The van der Waals surface area contributed by atoms with Gasteiger partial charge >= 0.3 is 5.97 Å². The molecule has 1 N–H and O–H groups in total. The molecule has 3 nitrogen and oxygen atoms in total. The summed E-state index contributed by atoms with van der Waals surface area (Å²) in [4.78, 5) is 11.5. The van der Waals surface area contributed by atoms with E-state index in [1.54, 1.807) is 0 Å². The normalized spacial score (nSPS) is 26.1. The number of hydrogen-bond acceptors (Lipinski definition) is 4. The number of ether oxygens (including phenoxy) is 1. The molecule has 1 aliphatic rings. The minimum atomic E-state index is -0.195. The second kappa shape index (κ2) is 5.92. The quantitative estimate of drug-likeness (QED) is 0.769. The van der Waals surface area contributed by atoms with E-state index < -0.39 is 0 Å². The van der Waals surface area contributed by atoms with Gasteiger partial charge < -0.3 is 10.1 Å². The van der Waals surface area contributed by atoms with E-state index in [0.29, 0.717) is 18.1 Å². The molecule has 4 heteroatoms. The second-order valence-electron chi connectivity index (χ2n) is 5.22. The summed E-state index contributed by atoms with van der Waals surface area (Å²) in [6.45, 7) is 8.73. The lowest BCUT2D eigenvalue weighted by Crippen LogP contribution is -2.47. The van der Waals surface area contributed by atoms with E-state index >= 15 is 0 Å². The number of carbonyl (C=O) groups is 1. The summed E-state index contributed by atoms with van der Waals surface area (Å²) in [5, 5.41) is 3.36.